The highest BCUT2D eigenvalue weighted by Crippen LogP contribution is 2.57. The van der Waals surface area contributed by atoms with Crippen molar-refractivity contribution in [1.82, 2.24) is 4.90 Å². The van der Waals surface area contributed by atoms with Crippen molar-refractivity contribution in [2.45, 2.75) is 90.5 Å². The van der Waals surface area contributed by atoms with E-state index in [9.17, 15) is 39.9 Å². The molecule has 14 nitrogen and oxygen atoms in total. The lowest BCUT2D eigenvalue weighted by molar-refractivity contribution is -0.160. The van der Waals surface area contributed by atoms with E-state index < -0.39 is 88.8 Å². The summed E-state index contributed by atoms with van der Waals surface area (Å²) in [5.74, 6) is -7.55. The molecule has 9 unspecified atom stereocenters. The lowest BCUT2D eigenvalue weighted by Crippen LogP contribution is -2.46. The van der Waals surface area contributed by atoms with Crippen LogP contribution in [0, 0.1) is 30.6 Å². The molecule has 0 aliphatic carbocycles. The van der Waals surface area contributed by atoms with Gasteiger partial charge < -0.3 is 54.7 Å². The van der Waals surface area contributed by atoms with Gasteiger partial charge in [0.15, 0.2) is 5.75 Å². The maximum absolute atomic E-state index is 14.3. The van der Waals surface area contributed by atoms with Crippen molar-refractivity contribution < 1.29 is 58.9 Å². The first-order valence-electron chi connectivity index (χ1n) is 18.5. The molecule has 6 N–H and O–H groups in total. The zero-order valence-electron chi connectivity index (χ0n) is 33.9. The van der Waals surface area contributed by atoms with Crippen LogP contribution < -0.4 is 10.1 Å². The minimum absolute atomic E-state index is 0.0634. The Morgan fingerprint density at radius 3 is 2.23 bits per heavy atom. The number of allylic oxidation sites excluding steroid dienone is 2. The largest absolute Gasteiger partial charge is 0.507 e. The molecule has 0 saturated carbocycles. The van der Waals surface area contributed by atoms with Crippen molar-refractivity contribution in [3.8, 4) is 23.0 Å². The molecule has 56 heavy (non-hydrogen) atoms. The fourth-order valence-electron chi connectivity index (χ4n) is 7.17. The van der Waals surface area contributed by atoms with E-state index in [0.29, 0.717) is 12.3 Å². The van der Waals surface area contributed by atoms with Crippen LogP contribution in [0.25, 0.3) is 10.8 Å². The number of rotatable bonds is 6. The maximum atomic E-state index is 14.3. The number of methoxy groups -OCH3 is 1. The summed E-state index contributed by atoms with van der Waals surface area (Å²) in [6.45, 7) is 13.1. The molecule has 2 aromatic rings. The number of nitrogens with one attached hydrogen (secondary N) is 1. The average molecular weight is 801 g/mol. The van der Waals surface area contributed by atoms with Crippen LogP contribution in [0.2, 0.25) is 0 Å². The topological polar surface area (TPSA) is 205 Å². The van der Waals surface area contributed by atoms with E-state index in [-0.39, 0.29) is 43.8 Å². The average Bonchev–Trinajstić information content (AvgIpc) is 3.41. The first kappa shape index (κ1) is 44.4. The van der Waals surface area contributed by atoms with E-state index in [1.165, 1.54) is 46.3 Å². The number of ketones is 1. The first-order valence-corrected chi connectivity index (χ1v) is 19.5. The number of carbonyl (C=O) groups is 3. The second-order valence-electron chi connectivity index (χ2n) is 15.2. The number of aliphatic hydroxyl groups excluding tert-OH is 2. The molecule has 0 fully saturated rings. The van der Waals surface area contributed by atoms with Gasteiger partial charge in [0.05, 0.1) is 40.4 Å². The lowest BCUT2D eigenvalue weighted by atomic mass is 9.78. The number of carbonyl (C=O) groups excluding carboxylic acids is 3. The normalized spacial score (nSPS) is 31.1. The lowest BCUT2D eigenvalue weighted by Gasteiger charge is -2.38. The van der Waals surface area contributed by atoms with E-state index in [0.717, 1.165) is 11.8 Å². The number of phenols is 3. The monoisotopic (exact) mass is 800 g/mol. The van der Waals surface area contributed by atoms with Crippen molar-refractivity contribution in [2.24, 2.45) is 23.7 Å². The highest BCUT2D eigenvalue weighted by molar-refractivity contribution is 7.99. The molecule has 9 atom stereocenters. The molecule has 5 bridgehead atoms. The van der Waals surface area contributed by atoms with Crippen LogP contribution in [0.4, 0.5) is 5.69 Å². The number of ether oxygens (including phenoxy) is 4. The third-order valence-corrected chi connectivity index (χ3v) is 11.8. The van der Waals surface area contributed by atoms with Gasteiger partial charge in [-0.25, -0.2) is 0 Å². The zero-order valence-corrected chi connectivity index (χ0v) is 34.7. The van der Waals surface area contributed by atoms with Crippen LogP contribution in [0.3, 0.4) is 0 Å². The van der Waals surface area contributed by atoms with Crippen LogP contribution in [-0.4, -0.2) is 112 Å². The van der Waals surface area contributed by atoms with Gasteiger partial charge in [0.25, 0.3) is 11.7 Å². The second-order valence-corrected chi connectivity index (χ2v) is 16.3. The second kappa shape index (κ2) is 17.9. The number of nitrogens with zero attached hydrogens (tertiary/aromatic N) is 1. The summed E-state index contributed by atoms with van der Waals surface area (Å²) in [4.78, 5) is 42.2. The third-order valence-electron chi connectivity index (χ3n) is 10.7. The van der Waals surface area contributed by atoms with Crippen LogP contribution in [0.1, 0.15) is 64.4 Å². The van der Waals surface area contributed by atoms with Gasteiger partial charge in [-0.05, 0) is 34.0 Å². The van der Waals surface area contributed by atoms with Gasteiger partial charge in [-0.3, -0.25) is 14.4 Å². The van der Waals surface area contributed by atoms with Gasteiger partial charge in [0.2, 0.25) is 0 Å². The van der Waals surface area contributed by atoms with Crippen LogP contribution in [0.5, 0.6) is 23.0 Å². The molecule has 3 aliphatic rings. The number of esters is 1. The van der Waals surface area contributed by atoms with E-state index in [4.69, 9.17) is 18.9 Å². The van der Waals surface area contributed by atoms with Crippen molar-refractivity contribution in [3.05, 3.63) is 47.3 Å². The highest BCUT2D eigenvalue weighted by atomic mass is 32.2. The number of hydrogen-bond donors (Lipinski definition) is 6. The molecule has 2 aromatic carbocycles. The van der Waals surface area contributed by atoms with Crippen LogP contribution in [-0.2, 0) is 23.8 Å². The number of Topliss-reactive ketones (excluding diaryl/α,β-unsaturated/α-hetero) is 1. The summed E-state index contributed by atoms with van der Waals surface area (Å²) < 4.78 is 23.5. The van der Waals surface area contributed by atoms with Crippen LogP contribution >= 0.6 is 11.8 Å². The molecule has 0 spiro atoms. The predicted octanol–water partition coefficient (Wildman–Crippen LogP) is 5.41. The summed E-state index contributed by atoms with van der Waals surface area (Å²) in [5, 5.41) is 60.3. The molecule has 5 rings (SSSR count). The molecule has 0 aromatic heterocycles. The Kier molecular flexibility index (Phi) is 14.2. The van der Waals surface area contributed by atoms with Gasteiger partial charge in [-0.15, -0.1) is 11.8 Å². The van der Waals surface area contributed by atoms with Crippen molar-refractivity contribution in [2.75, 3.05) is 38.8 Å². The summed E-state index contributed by atoms with van der Waals surface area (Å²) >= 11 is 1.13. The van der Waals surface area contributed by atoms with E-state index in [1.807, 2.05) is 19.0 Å². The summed E-state index contributed by atoms with van der Waals surface area (Å²) in [6, 6.07) is 0. The quantitative estimate of drug-likeness (QED) is 0.0937. The maximum Gasteiger partial charge on any atom is 0.312 e. The summed E-state index contributed by atoms with van der Waals surface area (Å²) in [5.41, 5.74) is -0.0195. The smallest absolute Gasteiger partial charge is 0.312 e. The fourth-order valence-corrected chi connectivity index (χ4v) is 8.36. The fraction of sp³-hybridized carbons (Fsp3) is 0.537. The van der Waals surface area contributed by atoms with Crippen LogP contribution in [0.15, 0.2) is 41.0 Å². The zero-order chi connectivity index (χ0) is 42.0. The molecule has 308 valence electrons. The summed E-state index contributed by atoms with van der Waals surface area (Å²) in [6.07, 6.45) is 3.67. The molecule has 0 radical (unpaired) electrons. The molecule has 3 heterocycles. The number of hydrogen-bond acceptors (Lipinski definition) is 14. The van der Waals surface area contributed by atoms with Crippen molar-refractivity contribution in [3.63, 3.8) is 0 Å². The Hall–Kier alpha value is -4.28. The number of benzene rings is 2. The number of aromatic hydroxyl groups is 3. The highest BCUT2D eigenvalue weighted by Gasteiger charge is 2.50. The first-order chi connectivity index (χ1) is 26.2. The molecular formula is C41H56N2O12S. The van der Waals surface area contributed by atoms with Crippen molar-refractivity contribution in [1.29, 1.82) is 0 Å². The van der Waals surface area contributed by atoms with E-state index in [1.54, 1.807) is 46.8 Å². The van der Waals surface area contributed by atoms with Gasteiger partial charge in [-0.1, -0.05) is 45.9 Å². The number of fused-ring (bicyclic) bond motifs is 14. The molecule has 3 aliphatic heterocycles. The summed E-state index contributed by atoms with van der Waals surface area (Å²) in [7, 11) is 5.17. The number of amides is 1. The Balaban J connectivity index is 1.95. The molecular weight excluding hydrogens is 745 g/mol. The predicted molar refractivity (Wildman–Crippen MR) is 213 cm³/mol. The van der Waals surface area contributed by atoms with Gasteiger partial charge in [-0.2, -0.15) is 0 Å². The minimum Gasteiger partial charge on any atom is -0.507 e. The molecule has 1 amide bonds. The molecule has 0 saturated heterocycles. The third kappa shape index (κ3) is 8.81. The Bertz CT molecular complexity index is 1930. The SMILES string of the molecule is COC1/C=C\OC2(C)Oc3c(C)c(O)c4c(O)c(c(SCCN(C)C)c(O)c4c3C2=O)NC(=O)/C(C)=C\C=C/C(C)C(O)C(C)C(O)C(C)C(OC(C)=O)C1C. The number of thioether (sulfide) groups is 1. The van der Waals surface area contributed by atoms with Crippen molar-refractivity contribution >= 4 is 45.9 Å². The minimum atomic E-state index is -2.01. The van der Waals surface area contributed by atoms with Gasteiger partial charge >= 0.3 is 11.8 Å². The number of phenolic OH excluding ortho intramolecular Hbond substituents is 3. The number of aliphatic hydroxyl groups is 2. The van der Waals surface area contributed by atoms with E-state index in [2.05, 4.69) is 5.32 Å². The van der Waals surface area contributed by atoms with Gasteiger partial charge in [0, 0.05) is 73.4 Å². The Labute approximate surface area is 332 Å². The Morgan fingerprint density at radius 2 is 1.62 bits per heavy atom. The number of anilines is 1. The standard InChI is InChI=1S/C41H56N2O12S/c1-19-13-12-14-20(2)40(51)42-30-34(48)28-27(35(49)38(30)56-18-16-43(9)10)29-37(24(6)33(28)47)55-41(8,39(29)50)53-17-15-26(52-11)21(3)36(54-25(7)44)23(5)32(46)22(4)31(19)45/h12-15,17,19,21-23,26,31-32,36,45-49H,16,18H2,1-11H3,(H,42,51)/b13-12-,17-15-,20-14-. The molecule has 15 heteroatoms. The Morgan fingerprint density at radius 1 is 0.964 bits per heavy atom. The van der Waals surface area contributed by atoms with E-state index >= 15 is 0 Å². The van der Waals surface area contributed by atoms with Gasteiger partial charge in [0.1, 0.15) is 29.0 Å².